The first-order valence-corrected chi connectivity index (χ1v) is 4.52. The van der Waals surface area contributed by atoms with Gasteiger partial charge in [0.05, 0.1) is 6.54 Å². The summed E-state index contributed by atoms with van der Waals surface area (Å²) < 4.78 is 37.9. The van der Waals surface area contributed by atoms with E-state index in [1.807, 2.05) is 0 Å². The number of hydrogen-bond donors (Lipinski definition) is 1. The first-order chi connectivity index (χ1) is 8.00. The average Bonchev–Trinajstić information content (AvgIpc) is 2.76. The van der Waals surface area contributed by atoms with Gasteiger partial charge in [-0.3, -0.25) is 0 Å². The molecule has 9 heteroatoms. The van der Waals surface area contributed by atoms with Gasteiger partial charge in [0.1, 0.15) is 6.33 Å². The molecule has 90 valence electrons. The molecule has 0 atom stereocenters. The third kappa shape index (κ3) is 2.38. The van der Waals surface area contributed by atoms with Crippen molar-refractivity contribution in [3.05, 3.63) is 30.0 Å². The number of alkyl halides is 3. The van der Waals surface area contributed by atoms with Crippen LogP contribution in [0.25, 0.3) is 5.82 Å². The summed E-state index contributed by atoms with van der Waals surface area (Å²) in [5.74, 6) is 0.511. The van der Waals surface area contributed by atoms with Crippen LogP contribution in [0, 0.1) is 0 Å². The molecule has 0 bridgehead atoms. The van der Waals surface area contributed by atoms with Crippen molar-refractivity contribution in [2.45, 2.75) is 12.7 Å². The maximum atomic E-state index is 12.2. The molecular formula is C8H7F3N6. The normalized spacial score (nSPS) is 11.8. The molecule has 2 heterocycles. The Morgan fingerprint density at radius 2 is 2.00 bits per heavy atom. The molecule has 2 rings (SSSR count). The number of hydrogen-bond acceptors (Lipinski definition) is 5. The molecule has 2 aromatic rings. The van der Waals surface area contributed by atoms with Gasteiger partial charge in [0.15, 0.2) is 17.3 Å². The van der Waals surface area contributed by atoms with Crippen molar-refractivity contribution in [3.63, 3.8) is 0 Å². The monoisotopic (exact) mass is 244 g/mol. The summed E-state index contributed by atoms with van der Waals surface area (Å²) in [6, 6.07) is 1.98. The highest BCUT2D eigenvalue weighted by Crippen LogP contribution is 2.26. The van der Waals surface area contributed by atoms with Gasteiger partial charge in [-0.2, -0.15) is 13.2 Å². The molecule has 0 unspecified atom stereocenters. The molecular weight excluding hydrogens is 237 g/mol. The van der Waals surface area contributed by atoms with E-state index in [2.05, 4.69) is 20.3 Å². The maximum Gasteiger partial charge on any atom is 0.435 e. The molecule has 2 N–H and O–H groups in total. The smallest absolute Gasteiger partial charge is 0.324 e. The van der Waals surface area contributed by atoms with Crippen LogP contribution in [0.2, 0.25) is 0 Å². The Morgan fingerprint density at radius 3 is 2.47 bits per heavy atom. The van der Waals surface area contributed by atoms with Crippen molar-refractivity contribution in [2.24, 2.45) is 5.73 Å². The Kier molecular flexibility index (Phi) is 2.76. The number of nitrogens with zero attached hydrogens (tertiary/aromatic N) is 5. The summed E-state index contributed by atoms with van der Waals surface area (Å²) in [7, 11) is 0. The van der Waals surface area contributed by atoms with Crippen molar-refractivity contribution in [2.75, 3.05) is 0 Å². The maximum absolute atomic E-state index is 12.2. The molecule has 17 heavy (non-hydrogen) atoms. The van der Waals surface area contributed by atoms with Crippen LogP contribution in [0.4, 0.5) is 13.2 Å². The van der Waals surface area contributed by atoms with E-state index < -0.39 is 11.9 Å². The second-order valence-corrected chi connectivity index (χ2v) is 3.08. The number of halogens is 3. The van der Waals surface area contributed by atoms with Gasteiger partial charge >= 0.3 is 6.18 Å². The van der Waals surface area contributed by atoms with E-state index in [0.717, 1.165) is 12.1 Å². The van der Waals surface area contributed by atoms with Crippen molar-refractivity contribution in [3.8, 4) is 5.82 Å². The zero-order chi connectivity index (χ0) is 12.5. The van der Waals surface area contributed by atoms with Crippen LogP contribution >= 0.6 is 0 Å². The predicted octanol–water partition coefficient (Wildman–Crippen LogP) is 0.535. The van der Waals surface area contributed by atoms with Crippen molar-refractivity contribution in [1.29, 1.82) is 0 Å². The second kappa shape index (κ2) is 4.09. The molecule has 0 saturated heterocycles. The molecule has 0 fully saturated rings. The van der Waals surface area contributed by atoms with Gasteiger partial charge in [0.2, 0.25) is 0 Å². The van der Waals surface area contributed by atoms with E-state index in [1.54, 1.807) is 0 Å². The van der Waals surface area contributed by atoms with Crippen molar-refractivity contribution in [1.82, 2.24) is 25.0 Å². The van der Waals surface area contributed by atoms with Crippen molar-refractivity contribution < 1.29 is 13.2 Å². The fourth-order valence-electron chi connectivity index (χ4n) is 1.10. The topological polar surface area (TPSA) is 82.5 Å². The minimum atomic E-state index is -4.50. The van der Waals surface area contributed by atoms with Crippen LogP contribution < -0.4 is 5.73 Å². The third-order valence-electron chi connectivity index (χ3n) is 1.90. The molecule has 0 amide bonds. The molecule has 0 aliphatic carbocycles. The van der Waals surface area contributed by atoms with Crippen LogP contribution in [0.3, 0.4) is 0 Å². The Hall–Kier alpha value is -2.03. The highest BCUT2D eigenvalue weighted by Gasteiger charge is 2.32. The highest BCUT2D eigenvalue weighted by atomic mass is 19.4. The van der Waals surface area contributed by atoms with Crippen LogP contribution in [0.1, 0.15) is 11.5 Å². The summed E-state index contributed by atoms with van der Waals surface area (Å²) in [5, 5.41) is 10.4. The molecule has 0 aliphatic rings. The van der Waals surface area contributed by atoms with Gasteiger partial charge in [-0.05, 0) is 12.1 Å². The van der Waals surface area contributed by atoms with Crippen LogP contribution in [-0.2, 0) is 12.7 Å². The molecule has 0 aliphatic heterocycles. The van der Waals surface area contributed by atoms with Gasteiger partial charge in [-0.15, -0.1) is 15.3 Å². The lowest BCUT2D eigenvalue weighted by Gasteiger charge is -2.04. The van der Waals surface area contributed by atoms with E-state index in [-0.39, 0.29) is 12.4 Å². The van der Waals surface area contributed by atoms with E-state index in [0.29, 0.717) is 5.82 Å². The summed E-state index contributed by atoms with van der Waals surface area (Å²) in [5.41, 5.74) is 4.24. The third-order valence-corrected chi connectivity index (χ3v) is 1.90. The molecule has 0 aromatic carbocycles. The fourth-order valence-corrected chi connectivity index (χ4v) is 1.10. The number of nitrogens with two attached hydrogens (primary N) is 1. The number of aromatic nitrogens is 5. The highest BCUT2D eigenvalue weighted by molar-refractivity contribution is 5.20. The molecule has 0 saturated carbocycles. The van der Waals surface area contributed by atoms with E-state index in [9.17, 15) is 13.2 Å². The minimum absolute atomic E-state index is 0.140. The van der Waals surface area contributed by atoms with Gasteiger partial charge < -0.3 is 5.73 Å². The summed E-state index contributed by atoms with van der Waals surface area (Å²) in [4.78, 5) is 3.82. The summed E-state index contributed by atoms with van der Waals surface area (Å²) >= 11 is 0. The van der Waals surface area contributed by atoms with Gasteiger partial charge in [-0.1, -0.05) is 0 Å². The molecule has 2 aromatic heterocycles. The lowest BCUT2D eigenvalue weighted by molar-refractivity contribution is -0.141. The van der Waals surface area contributed by atoms with Crippen LogP contribution in [0.15, 0.2) is 18.5 Å². The Balaban J connectivity index is 2.29. The fraction of sp³-hybridized carbons (Fsp3) is 0.250. The predicted molar refractivity (Wildman–Crippen MR) is 49.8 cm³/mol. The average molecular weight is 244 g/mol. The van der Waals surface area contributed by atoms with E-state index >= 15 is 0 Å². The Morgan fingerprint density at radius 1 is 1.24 bits per heavy atom. The number of rotatable bonds is 2. The van der Waals surface area contributed by atoms with Gasteiger partial charge in [-0.25, -0.2) is 9.67 Å². The van der Waals surface area contributed by atoms with Crippen LogP contribution in [0.5, 0.6) is 0 Å². The van der Waals surface area contributed by atoms with Gasteiger partial charge in [0.25, 0.3) is 0 Å². The standard InChI is InChI=1S/C8H7F3N6/c9-8(10,11)5-1-2-7(15-14-5)17-4-13-6(3-12)16-17/h1-2,4H,3,12H2. The van der Waals surface area contributed by atoms with E-state index in [4.69, 9.17) is 5.73 Å². The second-order valence-electron chi connectivity index (χ2n) is 3.08. The Labute approximate surface area is 93.3 Å². The lowest BCUT2D eigenvalue weighted by Crippen LogP contribution is -2.10. The quantitative estimate of drug-likeness (QED) is 0.833. The van der Waals surface area contributed by atoms with Gasteiger partial charge in [0, 0.05) is 0 Å². The Bertz CT molecular complexity index is 503. The first-order valence-electron chi connectivity index (χ1n) is 4.52. The minimum Gasteiger partial charge on any atom is -0.324 e. The molecule has 0 spiro atoms. The zero-order valence-corrected chi connectivity index (χ0v) is 8.39. The molecule has 6 nitrogen and oxygen atoms in total. The first kappa shape index (κ1) is 11.5. The summed E-state index contributed by atoms with van der Waals surface area (Å²) in [6.07, 6.45) is -3.20. The summed E-state index contributed by atoms with van der Waals surface area (Å²) in [6.45, 7) is 0.140. The lowest BCUT2D eigenvalue weighted by atomic mass is 10.4. The molecule has 0 radical (unpaired) electrons. The zero-order valence-electron chi connectivity index (χ0n) is 8.39. The van der Waals surface area contributed by atoms with Crippen LogP contribution in [-0.4, -0.2) is 25.0 Å². The SMILES string of the molecule is NCc1ncn(-c2ccc(C(F)(F)F)nn2)n1. The van der Waals surface area contributed by atoms with Crippen molar-refractivity contribution >= 4 is 0 Å². The largest absolute Gasteiger partial charge is 0.435 e. The van der Waals surface area contributed by atoms with E-state index in [1.165, 1.54) is 11.0 Å².